The molecule has 0 fully saturated rings. The van der Waals surface area contributed by atoms with E-state index in [1.807, 2.05) is 18.2 Å². The topological polar surface area (TPSA) is 122 Å². The lowest BCUT2D eigenvalue weighted by Crippen LogP contribution is -2.36. The van der Waals surface area contributed by atoms with Crippen molar-refractivity contribution in [1.29, 1.82) is 0 Å². The molecule has 0 aromatic heterocycles. The maximum Gasteiger partial charge on any atom is 0.469 e. The summed E-state index contributed by atoms with van der Waals surface area (Å²) in [6, 6.07) is 6.71. The van der Waals surface area contributed by atoms with E-state index in [0.717, 1.165) is 18.4 Å². The normalized spacial score (nSPS) is 12.8. The van der Waals surface area contributed by atoms with Crippen molar-refractivity contribution in [3.8, 4) is 0 Å². The molecule has 1 aromatic rings. The Labute approximate surface area is 142 Å². The van der Waals surface area contributed by atoms with E-state index in [4.69, 9.17) is 15.5 Å². The Hall–Kier alpha value is -1.24. The minimum Gasteiger partial charge on any atom is -0.325 e. The zero-order valence-corrected chi connectivity index (χ0v) is 14.9. The molecular weight excluding hydrogens is 331 g/mol. The number of anilines is 1. The first-order valence-corrected chi connectivity index (χ1v) is 9.70. The molecule has 0 heterocycles. The maximum absolute atomic E-state index is 12.0. The van der Waals surface area contributed by atoms with Gasteiger partial charge >= 0.3 is 7.82 Å². The highest BCUT2D eigenvalue weighted by Gasteiger charge is 2.18. The van der Waals surface area contributed by atoms with E-state index in [2.05, 4.69) is 16.8 Å². The monoisotopic (exact) mass is 358 g/mol. The first-order valence-electron chi connectivity index (χ1n) is 8.17. The summed E-state index contributed by atoms with van der Waals surface area (Å²) in [6.07, 6.45) is 5.71. The summed E-state index contributed by atoms with van der Waals surface area (Å²) < 4.78 is 14.9. The van der Waals surface area contributed by atoms with E-state index in [0.29, 0.717) is 5.69 Å². The van der Waals surface area contributed by atoms with E-state index >= 15 is 0 Å². The summed E-state index contributed by atoms with van der Waals surface area (Å²) in [5.74, 6) is -0.410. The van der Waals surface area contributed by atoms with Gasteiger partial charge in [-0.2, -0.15) is 0 Å². The summed E-state index contributed by atoms with van der Waals surface area (Å²) in [4.78, 5) is 29.2. The molecule has 136 valence electrons. The molecule has 7 nitrogen and oxygen atoms in total. The van der Waals surface area contributed by atoms with Crippen LogP contribution in [0.15, 0.2) is 24.3 Å². The van der Waals surface area contributed by atoms with Crippen molar-refractivity contribution in [3.05, 3.63) is 29.8 Å². The first-order chi connectivity index (χ1) is 11.3. The van der Waals surface area contributed by atoms with Crippen LogP contribution in [0, 0.1) is 0 Å². The van der Waals surface area contributed by atoms with Gasteiger partial charge < -0.3 is 20.8 Å². The standard InChI is InChI=1S/C16H27N2O5P/c1-2-3-4-5-7-13-8-6-9-14(12-13)18-16(19)15(17)10-11-23-24(20,21)22/h6,8-9,12,15H,2-5,7,10-11,17H2,1H3,(H,18,19)(H2,20,21,22)/t15-/m1/s1. The molecule has 0 saturated heterocycles. The van der Waals surface area contributed by atoms with Crippen molar-refractivity contribution in [1.82, 2.24) is 0 Å². The lowest BCUT2D eigenvalue weighted by molar-refractivity contribution is -0.117. The second-order valence-corrected chi connectivity index (χ2v) is 6.96. The third kappa shape index (κ3) is 9.15. The molecule has 1 aromatic carbocycles. The minimum atomic E-state index is -4.53. The average molecular weight is 358 g/mol. The number of carbonyl (C=O) groups excluding carboxylic acids is 1. The van der Waals surface area contributed by atoms with Gasteiger partial charge in [-0.1, -0.05) is 38.3 Å². The summed E-state index contributed by atoms with van der Waals surface area (Å²) in [5, 5.41) is 2.72. The number of nitrogens with one attached hydrogen (secondary N) is 1. The number of nitrogens with two attached hydrogens (primary N) is 1. The summed E-state index contributed by atoms with van der Waals surface area (Å²) >= 11 is 0. The van der Waals surface area contributed by atoms with Crippen molar-refractivity contribution in [3.63, 3.8) is 0 Å². The quantitative estimate of drug-likeness (QED) is 0.356. The van der Waals surface area contributed by atoms with Crippen LogP contribution in [0.1, 0.15) is 44.6 Å². The third-order valence-electron chi connectivity index (χ3n) is 3.54. The number of unbranched alkanes of at least 4 members (excludes halogenated alkanes) is 3. The Morgan fingerprint density at radius 1 is 1.33 bits per heavy atom. The van der Waals surface area contributed by atoms with Crippen LogP contribution in [0.4, 0.5) is 5.69 Å². The number of phosphoric ester groups is 1. The number of phosphoric acid groups is 1. The Bertz CT molecular complexity index is 561. The zero-order valence-electron chi connectivity index (χ0n) is 14.0. The minimum absolute atomic E-state index is 0.0215. The zero-order chi connectivity index (χ0) is 18.0. The van der Waals surface area contributed by atoms with Crippen molar-refractivity contribution in [2.45, 2.75) is 51.5 Å². The van der Waals surface area contributed by atoms with Gasteiger partial charge in [0.05, 0.1) is 12.6 Å². The second kappa shape index (κ2) is 10.6. The van der Waals surface area contributed by atoms with Gasteiger partial charge in [0, 0.05) is 5.69 Å². The van der Waals surface area contributed by atoms with Gasteiger partial charge in [0.25, 0.3) is 0 Å². The van der Waals surface area contributed by atoms with Crippen LogP contribution in [0.3, 0.4) is 0 Å². The first kappa shape index (κ1) is 20.8. The van der Waals surface area contributed by atoms with Crippen molar-refractivity contribution < 1.29 is 23.7 Å². The van der Waals surface area contributed by atoms with Gasteiger partial charge in [0.15, 0.2) is 0 Å². The highest BCUT2D eigenvalue weighted by Crippen LogP contribution is 2.35. The largest absolute Gasteiger partial charge is 0.469 e. The number of benzene rings is 1. The Morgan fingerprint density at radius 2 is 2.08 bits per heavy atom. The van der Waals surface area contributed by atoms with Crippen LogP contribution in [0.2, 0.25) is 0 Å². The predicted octanol–water partition coefficient (Wildman–Crippen LogP) is 2.57. The number of amides is 1. The van der Waals surface area contributed by atoms with Crippen LogP contribution in [0.25, 0.3) is 0 Å². The molecule has 0 aliphatic heterocycles. The molecule has 1 atom stereocenters. The molecule has 1 amide bonds. The van der Waals surface area contributed by atoms with Crippen LogP contribution in [-0.2, 0) is 20.3 Å². The van der Waals surface area contributed by atoms with Crippen molar-refractivity contribution >= 4 is 19.4 Å². The Balaban J connectivity index is 2.44. The SMILES string of the molecule is CCCCCCc1cccc(NC(=O)[C@H](N)CCOP(=O)(O)O)c1. The van der Waals surface area contributed by atoms with E-state index in [1.165, 1.54) is 19.3 Å². The fourth-order valence-corrected chi connectivity index (χ4v) is 2.57. The van der Waals surface area contributed by atoms with Crippen molar-refractivity contribution in [2.24, 2.45) is 5.73 Å². The highest BCUT2D eigenvalue weighted by molar-refractivity contribution is 7.46. The molecular formula is C16H27N2O5P. The lowest BCUT2D eigenvalue weighted by Gasteiger charge is -2.13. The number of carbonyl (C=O) groups is 1. The van der Waals surface area contributed by atoms with E-state index in [9.17, 15) is 9.36 Å². The fraction of sp³-hybridized carbons (Fsp3) is 0.562. The Kier molecular flexibility index (Phi) is 9.18. The van der Waals surface area contributed by atoms with Gasteiger partial charge in [0.1, 0.15) is 0 Å². The highest BCUT2D eigenvalue weighted by atomic mass is 31.2. The van der Waals surface area contributed by atoms with Crippen molar-refractivity contribution in [2.75, 3.05) is 11.9 Å². The van der Waals surface area contributed by atoms with Crippen LogP contribution in [-0.4, -0.2) is 28.3 Å². The molecule has 0 bridgehead atoms. The smallest absolute Gasteiger partial charge is 0.325 e. The van der Waals surface area contributed by atoms with Crippen LogP contribution in [0.5, 0.6) is 0 Å². The van der Waals surface area contributed by atoms with E-state index < -0.39 is 19.8 Å². The molecule has 0 radical (unpaired) electrons. The lowest BCUT2D eigenvalue weighted by atomic mass is 10.1. The summed E-state index contributed by atoms with van der Waals surface area (Å²) in [5.41, 5.74) is 7.52. The second-order valence-electron chi connectivity index (χ2n) is 5.72. The van der Waals surface area contributed by atoms with E-state index in [1.54, 1.807) is 6.07 Å². The molecule has 0 aliphatic carbocycles. The summed E-state index contributed by atoms with van der Waals surface area (Å²) in [6.45, 7) is 1.89. The van der Waals surface area contributed by atoms with Gasteiger partial charge in [-0.25, -0.2) is 4.57 Å². The van der Waals surface area contributed by atoms with Gasteiger partial charge in [-0.05, 0) is 37.0 Å². The van der Waals surface area contributed by atoms with Gasteiger partial charge in [-0.3, -0.25) is 9.32 Å². The maximum atomic E-state index is 12.0. The van der Waals surface area contributed by atoms with Crippen LogP contribution < -0.4 is 11.1 Å². The van der Waals surface area contributed by atoms with E-state index in [-0.39, 0.29) is 13.0 Å². The molecule has 0 saturated carbocycles. The molecule has 8 heteroatoms. The molecule has 24 heavy (non-hydrogen) atoms. The Morgan fingerprint density at radius 3 is 2.75 bits per heavy atom. The average Bonchev–Trinajstić information content (AvgIpc) is 2.50. The summed E-state index contributed by atoms with van der Waals surface area (Å²) in [7, 11) is -4.53. The number of hydrogen-bond donors (Lipinski definition) is 4. The van der Waals surface area contributed by atoms with Gasteiger partial charge in [-0.15, -0.1) is 0 Å². The molecule has 1 rings (SSSR count). The molecule has 0 spiro atoms. The third-order valence-corrected chi connectivity index (χ3v) is 4.06. The fourth-order valence-electron chi connectivity index (χ4n) is 2.23. The predicted molar refractivity (Wildman–Crippen MR) is 93.5 cm³/mol. The number of hydrogen-bond acceptors (Lipinski definition) is 4. The number of aryl methyl sites for hydroxylation is 1. The number of rotatable bonds is 11. The molecule has 5 N–H and O–H groups in total. The molecule has 0 aliphatic rings. The van der Waals surface area contributed by atoms with Crippen LogP contribution >= 0.6 is 7.82 Å². The molecule has 0 unspecified atom stereocenters. The van der Waals surface area contributed by atoms with Gasteiger partial charge in [0.2, 0.25) is 5.91 Å².